The van der Waals surface area contributed by atoms with Crippen LogP contribution in [-0.2, 0) is 50.5 Å². The van der Waals surface area contributed by atoms with Crippen molar-refractivity contribution in [2.45, 2.75) is 94.8 Å². The van der Waals surface area contributed by atoms with E-state index in [2.05, 4.69) is 6.92 Å². The molecule has 3 aliphatic carbocycles. The first kappa shape index (κ1) is 30.2. The van der Waals surface area contributed by atoms with Crippen LogP contribution in [0.3, 0.4) is 0 Å². The quantitative estimate of drug-likeness (QED) is 0.143. The number of epoxide rings is 2. The van der Waals surface area contributed by atoms with Crippen molar-refractivity contribution in [2.24, 2.45) is 17.3 Å². The highest BCUT2D eigenvalue weighted by Gasteiger charge is 2.95. The Balaban J connectivity index is 1.03. The Morgan fingerprint density at radius 2 is 1.62 bits per heavy atom. The van der Waals surface area contributed by atoms with Gasteiger partial charge in [0.2, 0.25) is 0 Å². The Morgan fingerprint density at radius 1 is 0.956 bits per heavy atom. The van der Waals surface area contributed by atoms with Crippen molar-refractivity contribution in [2.75, 3.05) is 13.4 Å². The SMILES string of the molecule is CC(C)C1(O)CC2OC23C2(C)CCC4=C(COC4=O)C2CC2OC23C1OCOP(OCc1ccccc1)OCc1ccccc1. The molecule has 10 heteroatoms. The Morgan fingerprint density at radius 3 is 2.27 bits per heavy atom. The van der Waals surface area contributed by atoms with Gasteiger partial charge in [0.15, 0.2) is 12.4 Å². The number of rotatable bonds is 11. The molecule has 2 saturated heterocycles. The van der Waals surface area contributed by atoms with E-state index in [9.17, 15) is 9.90 Å². The topological polar surface area (TPSA) is 109 Å². The van der Waals surface area contributed by atoms with Crippen molar-refractivity contribution in [3.05, 3.63) is 82.9 Å². The van der Waals surface area contributed by atoms with Gasteiger partial charge in [0, 0.05) is 17.4 Å². The minimum Gasteiger partial charge on any atom is -0.458 e. The second kappa shape index (κ2) is 10.9. The van der Waals surface area contributed by atoms with Crippen molar-refractivity contribution in [1.82, 2.24) is 0 Å². The molecule has 8 atom stereocenters. The number of hydrogen-bond donors (Lipinski definition) is 1. The van der Waals surface area contributed by atoms with E-state index >= 15 is 0 Å². The molecule has 4 fully saturated rings. The fourth-order valence-corrected chi connectivity index (χ4v) is 9.99. The Kier molecular flexibility index (Phi) is 7.32. The lowest BCUT2D eigenvalue weighted by Crippen LogP contribution is -2.72. The zero-order valence-corrected chi connectivity index (χ0v) is 26.9. The van der Waals surface area contributed by atoms with Crippen LogP contribution < -0.4 is 0 Å². The highest BCUT2D eigenvalue weighted by molar-refractivity contribution is 7.41. The lowest BCUT2D eigenvalue weighted by Gasteiger charge is -2.56. The number of esters is 1. The fraction of sp³-hybridized carbons (Fsp3) is 0.571. The van der Waals surface area contributed by atoms with Gasteiger partial charge in [-0.3, -0.25) is 4.52 Å². The first-order valence-corrected chi connectivity index (χ1v) is 17.2. The number of cyclic esters (lactones) is 1. The third-order valence-electron chi connectivity index (χ3n) is 11.5. The van der Waals surface area contributed by atoms with Gasteiger partial charge in [-0.25, -0.2) is 4.79 Å². The minimum absolute atomic E-state index is 0.110. The lowest BCUT2D eigenvalue weighted by molar-refractivity contribution is -0.219. The maximum Gasteiger partial charge on any atom is 0.335 e. The molecular formula is C35H41O9P. The Labute approximate surface area is 265 Å². The van der Waals surface area contributed by atoms with Gasteiger partial charge in [0.05, 0.1) is 31.0 Å². The largest absolute Gasteiger partial charge is 0.458 e. The van der Waals surface area contributed by atoms with Gasteiger partial charge in [-0.05, 0) is 47.8 Å². The molecule has 45 heavy (non-hydrogen) atoms. The summed E-state index contributed by atoms with van der Waals surface area (Å²) in [7, 11) is -1.77. The average molecular weight is 637 g/mol. The molecule has 0 radical (unpaired) electrons. The summed E-state index contributed by atoms with van der Waals surface area (Å²) in [5.41, 5.74) is 1.11. The Hall–Kier alpha value is -2.20. The first-order valence-electron chi connectivity index (χ1n) is 16.1. The summed E-state index contributed by atoms with van der Waals surface area (Å²) in [6.45, 7) is 7.21. The summed E-state index contributed by atoms with van der Waals surface area (Å²) in [6.07, 6.45) is 1.67. The van der Waals surface area contributed by atoms with Crippen LogP contribution in [0.15, 0.2) is 71.8 Å². The lowest BCUT2D eigenvalue weighted by atomic mass is 9.46. The molecule has 0 aromatic heterocycles. The molecule has 0 amide bonds. The molecule has 6 aliphatic rings. The van der Waals surface area contributed by atoms with E-state index in [4.69, 9.17) is 32.5 Å². The van der Waals surface area contributed by atoms with E-state index in [0.29, 0.717) is 32.7 Å². The van der Waals surface area contributed by atoms with Gasteiger partial charge < -0.3 is 33.1 Å². The normalized spacial score (nSPS) is 39.1. The molecule has 240 valence electrons. The van der Waals surface area contributed by atoms with E-state index in [1.165, 1.54) is 0 Å². The fourth-order valence-electron chi connectivity index (χ4n) is 9.11. The molecular weight excluding hydrogens is 595 g/mol. The zero-order valence-electron chi connectivity index (χ0n) is 26.0. The summed E-state index contributed by atoms with van der Waals surface area (Å²) in [6, 6.07) is 19.8. The number of hydrogen-bond acceptors (Lipinski definition) is 9. The minimum atomic E-state index is -1.77. The number of aliphatic hydroxyl groups is 1. The van der Waals surface area contributed by atoms with E-state index in [1.807, 2.05) is 74.5 Å². The van der Waals surface area contributed by atoms with Crippen molar-refractivity contribution < 1.29 is 42.4 Å². The van der Waals surface area contributed by atoms with Crippen LogP contribution in [0.25, 0.3) is 0 Å². The van der Waals surface area contributed by atoms with Crippen molar-refractivity contribution in [1.29, 1.82) is 0 Å². The van der Waals surface area contributed by atoms with Gasteiger partial charge >= 0.3 is 14.6 Å². The van der Waals surface area contributed by atoms with E-state index < -0.39 is 31.5 Å². The molecule has 9 nitrogen and oxygen atoms in total. The van der Waals surface area contributed by atoms with Gasteiger partial charge in [0.25, 0.3) is 0 Å². The summed E-state index contributed by atoms with van der Waals surface area (Å²) in [4.78, 5) is 12.5. The average Bonchev–Trinajstić information content (AvgIpc) is 3.93. The molecule has 2 aromatic rings. The second-order valence-corrected chi connectivity index (χ2v) is 15.1. The van der Waals surface area contributed by atoms with Gasteiger partial charge in [-0.15, -0.1) is 0 Å². The van der Waals surface area contributed by atoms with E-state index in [0.717, 1.165) is 35.1 Å². The standard InChI is InChI=1S/C35H41O9P/c1-22(2)33(37)17-29-35(44-29)32(3)15-14-25-26(20-38-30(25)36)27(32)16-28-34(35,43-28)31(33)39-21-42-45(40-18-23-10-6-4-7-11-23)41-19-24-12-8-5-9-13-24/h4-13,22,27-29,31,37H,14-21H2,1-3H3. The smallest absolute Gasteiger partial charge is 0.335 e. The number of fused-ring (bicyclic) bond motifs is 2. The molecule has 2 spiro atoms. The van der Waals surface area contributed by atoms with Crippen LogP contribution in [0.5, 0.6) is 0 Å². The molecule has 3 heterocycles. The predicted octanol–water partition coefficient (Wildman–Crippen LogP) is 5.75. The molecule has 1 N–H and O–H groups in total. The number of benzene rings is 2. The summed E-state index contributed by atoms with van der Waals surface area (Å²) in [5.74, 6) is -0.157. The maximum absolute atomic E-state index is 12.5. The van der Waals surface area contributed by atoms with Crippen LogP contribution >= 0.6 is 8.60 Å². The van der Waals surface area contributed by atoms with Crippen LogP contribution in [0, 0.1) is 17.3 Å². The van der Waals surface area contributed by atoms with E-state index in [1.54, 1.807) is 0 Å². The number of carbonyl (C=O) groups is 1. The van der Waals surface area contributed by atoms with Crippen LogP contribution in [0.1, 0.15) is 57.6 Å². The summed E-state index contributed by atoms with van der Waals surface area (Å²) < 4.78 is 44.0. The Bertz CT molecular complexity index is 1440. The van der Waals surface area contributed by atoms with Crippen molar-refractivity contribution in [3.8, 4) is 0 Å². The predicted molar refractivity (Wildman–Crippen MR) is 163 cm³/mol. The van der Waals surface area contributed by atoms with Crippen molar-refractivity contribution in [3.63, 3.8) is 0 Å². The highest BCUT2D eigenvalue weighted by Crippen LogP contribution is 2.80. The summed E-state index contributed by atoms with van der Waals surface area (Å²) in [5, 5.41) is 12.3. The third kappa shape index (κ3) is 4.46. The maximum atomic E-state index is 12.5. The monoisotopic (exact) mass is 636 g/mol. The van der Waals surface area contributed by atoms with Gasteiger partial charge in [-0.1, -0.05) is 81.4 Å². The van der Waals surface area contributed by atoms with Crippen molar-refractivity contribution >= 4 is 14.6 Å². The highest BCUT2D eigenvalue weighted by atomic mass is 31.2. The number of ether oxygens (including phenoxy) is 4. The van der Waals surface area contributed by atoms with Crippen LogP contribution in [-0.4, -0.2) is 59.6 Å². The molecule has 2 aromatic carbocycles. The van der Waals surface area contributed by atoms with Crippen LogP contribution in [0.4, 0.5) is 0 Å². The summed E-state index contributed by atoms with van der Waals surface area (Å²) >= 11 is 0. The molecule has 8 unspecified atom stereocenters. The van der Waals surface area contributed by atoms with E-state index in [-0.39, 0.29) is 42.2 Å². The molecule has 2 saturated carbocycles. The number of carbonyl (C=O) groups excluding carboxylic acids is 1. The first-order chi connectivity index (χ1) is 21.7. The second-order valence-electron chi connectivity index (χ2n) is 13.9. The molecule has 8 rings (SSSR count). The molecule has 0 bridgehead atoms. The third-order valence-corrected chi connectivity index (χ3v) is 12.5. The van der Waals surface area contributed by atoms with Gasteiger partial charge in [-0.2, -0.15) is 0 Å². The molecule has 3 aliphatic heterocycles. The van der Waals surface area contributed by atoms with Gasteiger partial charge in [0.1, 0.15) is 18.3 Å². The van der Waals surface area contributed by atoms with Crippen LogP contribution in [0.2, 0.25) is 0 Å². The zero-order chi connectivity index (χ0) is 31.0.